The third-order valence-corrected chi connectivity index (χ3v) is 5.18. The van der Waals surface area contributed by atoms with Crippen LogP contribution in [0.25, 0.3) is 22.4 Å². The van der Waals surface area contributed by atoms with Gasteiger partial charge >= 0.3 is 0 Å². The van der Waals surface area contributed by atoms with Crippen molar-refractivity contribution in [3.63, 3.8) is 0 Å². The minimum Gasteiger partial charge on any atom is -0.392 e. The number of rotatable bonds is 3. The lowest BCUT2D eigenvalue weighted by Gasteiger charge is -2.29. The topological polar surface area (TPSA) is 94.0 Å². The molecule has 3 heterocycles. The largest absolute Gasteiger partial charge is 0.392 e. The Morgan fingerprint density at radius 2 is 1.81 bits per heavy atom. The van der Waals surface area contributed by atoms with E-state index in [2.05, 4.69) is 23.8 Å². The first-order chi connectivity index (χ1) is 12.9. The number of Topliss-reactive ketones (excluding diaryl/α,β-unsaturated/α-hetero) is 1. The predicted octanol–water partition coefficient (Wildman–Crippen LogP) is 2.97. The summed E-state index contributed by atoms with van der Waals surface area (Å²) in [6, 6.07) is 5.51. The van der Waals surface area contributed by atoms with Gasteiger partial charge in [-0.1, -0.05) is 13.8 Å². The zero-order valence-corrected chi connectivity index (χ0v) is 15.4. The molecule has 3 aromatic heterocycles. The Hall–Kier alpha value is -2.99. The van der Waals surface area contributed by atoms with Gasteiger partial charge in [-0.25, -0.2) is 0 Å². The summed E-state index contributed by atoms with van der Waals surface area (Å²) >= 11 is 0. The number of hydrogen-bond donors (Lipinski definition) is 2. The molecule has 27 heavy (non-hydrogen) atoms. The molecule has 0 fully saturated rings. The van der Waals surface area contributed by atoms with Crippen molar-refractivity contribution in [3.8, 4) is 22.4 Å². The summed E-state index contributed by atoms with van der Waals surface area (Å²) in [4.78, 5) is 21.4. The maximum Gasteiger partial charge on any atom is 0.165 e. The van der Waals surface area contributed by atoms with Crippen molar-refractivity contribution in [1.29, 1.82) is 0 Å². The van der Waals surface area contributed by atoms with E-state index >= 15 is 0 Å². The van der Waals surface area contributed by atoms with Crippen molar-refractivity contribution in [2.75, 3.05) is 5.84 Å². The van der Waals surface area contributed by atoms with Crippen LogP contribution < -0.4 is 5.84 Å². The third kappa shape index (κ3) is 2.82. The Balaban J connectivity index is 2.10. The summed E-state index contributed by atoms with van der Waals surface area (Å²) in [5.41, 5.74) is 5.13. The Labute approximate surface area is 157 Å². The van der Waals surface area contributed by atoms with Gasteiger partial charge in [0.05, 0.1) is 18.0 Å². The Morgan fingerprint density at radius 1 is 1.11 bits per heavy atom. The highest BCUT2D eigenvalue weighted by Gasteiger charge is 2.38. The summed E-state index contributed by atoms with van der Waals surface area (Å²) in [7, 11) is 0. The van der Waals surface area contributed by atoms with E-state index in [1.807, 2.05) is 12.1 Å². The van der Waals surface area contributed by atoms with Crippen LogP contribution in [0.3, 0.4) is 0 Å². The second-order valence-electron chi connectivity index (χ2n) is 7.78. The first kappa shape index (κ1) is 17.4. The molecule has 0 aromatic carbocycles. The van der Waals surface area contributed by atoms with Gasteiger partial charge in [0.2, 0.25) is 0 Å². The molecule has 1 aliphatic carbocycles. The van der Waals surface area contributed by atoms with Crippen LogP contribution in [0.5, 0.6) is 0 Å². The van der Waals surface area contributed by atoms with E-state index in [-0.39, 0.29) is 17.8 Å². The van der Waals surface area contributed by atoms with E-state index in [4.69, 9.17) is 5.84 Å². The van der Waals surface area contributed by atoms with Gasteiger partial charge in [-0.05, 0) is 35.6 Å². The molecule has 0 amide bonds. The van der Waals surface area contributed by atoms with Crippen molar-refractivity contribution < 1.29 is 9.90 Å². The fourth-order valence-corrected chi connectivity index (χ4v) is 3.99. The van der Waals surface area contributed by atoms with E-state index in [1.54, 1.807) is 35.5 Å². The number of carbonyl (C=O) groups excluding carboxylic acids is 1. The smallest absolute Gasteiger partial charge is 0.165 e. The number of aliphatic hydroxyl groups is 1. The molecule has 0 bridgehead atoms. The number of fused-ring (bicyclic) bond motifs is 1. The van der Waals surface area contributed by atoms with Gasteiger partial charge in [-0.15, -0.1) is 0 Å². The van der Waals surface area contributed by atoms with Crippen LogP contribution >= 0.6 is 0 Å². The van der Waals surface area contributed by atoms with E-state index < -0.39 is 0 Å². The summed E-state index contributed by atoms with van der Waals surface area (Å²) in [5.74, 6) is 6.60. The van der Waals surface area contributed by atoms with Crippen molar-refractivity contribution in [2.24, 2.45) is 5.41 Å². The van der Waals surface area contributed by atoms with Gasteiger partial charge in [0, 0.05) is 53.5 Å². The van der Waals surface area contributed by atoms with Gasteiger partial charge in [-0.3, -0.25) is 19.4 Å². The fraction of sp³-hybridized carbons (Fsp3) is 0.286. The summed E-state index contributed by atoms with van der Waals surface area (Å²) in [6.07, 6.45) is 7.90. The van der Waals surface area contributed by atoms with Gasteiger partial charge in [-0.2, -0.15) is 0 Å². The standard InChI is InChI=1S/C21H22N4O2/c1-21(2)9-16-19(17(27)10-21)18(15-11-24-8-5-14(15)12-26)20(25(16)22)13-3-6-23-7-4-13/h3-8,11,26H,9-10,12,22H2,1-2H3. The van der Waals surface area contributed by atoms with E-state index in [0.29, 0.717) is 24.0 Å². The van der Waals surface area contributed by atoms with Crippen molar-refractivity contribution in [1.82, 2.24) is 14.6 Å². The molecule has 138 valence electrons. The molecule has 0 atom stereocenters. The number of aliphatic hydroxyl groups excluding tert-OH is 1. The maximum atomic E-state index is 13.1. The van der Waals surface area contributed by atoms with Crippen LogP contribution in [-0.2, 0) is 13.0 Å². The lowest BCUT2D eigenvalue weighted by Crippen LogP contribution is -2.29. The molecule has 0 spiro atoms. The molecule has 0 unspecified atom stereocenters. The molecule has 0 radical (unpaired) electrons. The van der Waals surface area contributed by atoms with Gasteiger partial charge in [0.25, 0.3) is 0 Å². The second kappa shape index (κ2) is 6.32. The average Bonchev–Trinajstić information content (AvgIpc) is 2.94. The van der Waals surface area contributed by atoms with Crippen LogP contribution in [0.15, 0.2) is 43.0 Å². The number of hydrogen-bond acceptors (Lipinski definition) is 5. The molecule has 0 aliphatic heterocycles. The highest BCUT2D eigenvalue weighted by atomic mass is 16.3. The van der Waals surface area contributed by atoms with E-state index in [9.17, 15) is 9.90 Å². The number of nitrogen functional groups attached to an aromatic ring is 1. The molecular formula is C21H22N4O2. The van der Waals surface area contributed by atoms with Crippen molar-refractivity contribution >= 4 is 5.78 Å². The maximum absolute atomic E-state index is 13.1. The highest BCUT2D eigenvalue weighted by molar-refractivity contribution is 6.08. The first-order valence-corrected chi connectivity index (χ1v) is 8.93. The minimum absolute atomic E-state index is 0.0727. The third-order valence-electron chi connectivity index (χ3n) is 5.18. The van der Waals surface area contributed by atoms with Crippen LogP contribution in [0.1, 0.15) is 41.9 Å². The van der Waals surface area contributed by atoms with Crippen LogP contribution in [0.4, 0.5) is 0 Å². The van der Waals surface area contributed by atoms with E-state index in [0.717, 1.165) is 28.1 Å². The van der Waals surface area contributed by atoms with Gasteiger partial charge < -0.3 is 10.9 Å². The SMILES string of the molecule is CC1(C)CC(=O)c2c(-c3cnccc3CO)c(-c3ccncc3)n(N)c2C1. The van der Waals surface area contributed by atoms with Crippen molar-refractivity contribution in [3.05, 3.63) is 59.8 Å². The number of carbonyl (C=O) groups is 1. The van der Waals surface area contributed by atoms with Gasteiger partial charge in [0.15, 0.2) is 5.78 Å². The van der Waals surface area contributed by atoms with Crippen LogP contribution in [-0.4, -0.2) is 25.5 Å². The summed E-state index contributed by atoms with van der Waals surface area (Å²) < 4.78 is 1.63. The molecule has 0 saturated heterocycles. The molecule has 3 N–H and O–H groups in total. The number of pyridine rings is 2. The monoisotopic (exact) mass is 362 g/mol. The molecule has 3 aromatic rings. The Morgan fingerprint density at radius 3 is 2.52 bits per heavy atom. The normalized spacial score (nSPS) is 15.6. The second-order valence-corrected chi connectivity index (χ2v) is 7.78. The lowest BCUT2D eigenvalue weighted by atomic mass is 9.75. The van der Waals surface area contributed by atoms with Crippen LogP contribution in [0, 0.1) is 5.41 Å². The average molecular weight is 362 g/mol. The summed E-state index contributed by atoms with van der Waals surface area (Å²) in [6.45, 7) is 4.02. The van der Waals surface area contributed by atoms with E-state index in [1.165, 1.54) is 0 Å². The Bertz CT molecular complexity index is 1020. The predicted molar refractivity (Wildman–Crippen MR) is 103 cm³/mol. The molecule has 4 rings (SSSR count). The van der Waals surface area contributed by atoms with Gasteiger partial charge in [0.1, 0.15) is 0 Å². The summed E-state index contributed by atoms with van der Waals surface area (Å²) in [5, 5.41) is 9.84. The van der Waals surface area contributed by atoms with Crippen LogP contribution in [0.2, 0.25) is 0 Å². The fourth-order valence-electron chi connectivity index (χ4n) is 3.99. The minimum atomic E-state index is -0.152. The number of ketones is 1. The zero-order valence-electron chi connectivity index (χ0n) is 15.4. The quantitative estimate of drug-likeness (QED) is 0.699. The number of nitrogens with zero attached hydrogens (tertiary/aromatic N) is 3. The molecule has 1 aliphatic rings. The zero-order chi connectivity index (χ0) is 19.2. The molecule has 6 nitrogen and oxygen atoms in total. The number of nitrogens with two attached hydrogens (primary N) is 1. The van der Waals surface area contributed by atoms with Crippen molar-refractivity contribution in [2.45, 2.75) is 33.3 Å². The highest BCUT2D eigenvalue weighted by Crippen LogP contribution is 2.45. The Kier molecular flexibility index (Phi) is 4.08. The lowest BCUT2D eigenvalue weighted by molar-refractivity contribution is 0.0911. The number of aromatic nitrogens is 3. The molecule has 6 heteroatoms. The first-order valence-electron chi connectivity index (χ1n) is 8.93. The molecular weight excluding hydrogens is 340 g/mol. The molecule has 0 saturated carbocycles.